The molecule has 5 aliphatic rings. The highest BCUT2D eigenvalue weighted by molar-refractivity contribution is 5.76. The molecule has 4 aliphatic carbocycles. The van der Waals surface area contributed by atoms with E-state index in [9.17, 15) is 30.3 Å². The van der Waals surface area contributed by atoms with Crippen LogP contribution in [0.1, 0.15) is 65.2 Å². The molecule has 0 aromatic carbocycles. The highest BCUT2D eigenvalue weighted by Crippen LogP contribution is 2.72. The molecule has 5 N–H and O–H groups in total. The Balaban J connectivity index is 1.36. The minimum absolute atomic E-state index is 0.0333. The Kier molecular flexibility index (Phi) is 5.98. The molecule has 192 valence electrons. The van der Waals surface area contributed by atoms with Crippen molar-refractivity contribution >= 4 is 5.97 Å². The summed E-state index contributed by atoms with van der Waals surface area (Å²) in [5.74, 6) is 0.495. The van der Waals surface area contributed by atoms with Crippen molar-refractivity contribution in [1.82, 2.24) is 0 Å². The second kappa shape index (κ2) is 8.25. The first-order chi connectivity index (χ1) is 16.0. The Morgan fingerprint density at radius 1 is 1.03 bits per heavy atom. The van der Waals surface area contributed by atoms with Gasteiger partial charge in [0, 0.05) is 5.41 Å². The molecule has 1 saturated heterocycles. The fourth-order valence-electron chi connectivity index (χ4n) is 9.04. The van der Waals surface area contributed by atoms with Gasteiger partial charge in [-0.15, -0.1) is 0 Å². The SMILES string of the molecule is C=C1C[C@]23CC[C@H]4C(C)(CO)C(OC(=O)[C@H]5O[C@@H](O)[C@H](O)[C@@H](O)[C@@H]5O)CC[C@]4(C)[C@H]2CC[C@@H]1C3. The van der Waals surface area contributed by atoms with E-state index < -0.39 is 48.2 Å². The number of allylic oxidation sites excluding steroid dienone is 1. The molecule has 1 spiro atoms. The molecule has 34 heavy (non-hydrogen) atoms. The van der Waals surface area contributed by atoms with Crippen molar-refractivity contribution in [3.05, 3.63) is 12.2 Å². The van der Waals surface area contributed by atoms with Gasteiger partial charge in [0.2, 0.25) is 0 Å². The van der Waals surface area contributed by atoms with E-state index in [-0.39, 0.29) is 17.9 Å². The summed E-state index contributed by atoms with van der Waals surface area (Å²) in [6.45, 7) is 8.63. The molecule has 8 heteroatoms. The minimum Gasteiger partial charge on any atom is -0.460 e. The van der Waals surface area contributed by atoms with Crippen molar-refractivity contribution in [3.63, 3.8) is 0 Å². The lowest BCUT2D eigenvalue weighted by atomic mass is 9.40. The molecule has 0 amide bonds. The maximum atomic E-state index is 13.0. The smallest absolute Gasteiger partial charge is 0.338 e. The average molecular weight is 481 g/mol. The van der Waals surface area contributed by atoms with Gasteiger partial charge in [0.1, 0.15) is 24.4 Å². The monoisotopic (exact) mass is 480 g/mol. The van der Waals surface area contributed by atoms with Crippen LogP contribution in [0, 0.1) is 34.0 Å². The predicted molar refractivity (Wildman–Crippen MR) is 121 cm³/mol. The van der Waals surface area contributed by atoms with Crippen LogP contribution in [-0.4, -0.2) is 74.9 Å². The third kappa shape index (κ3) is 3.36. The molecule has 1 heterocycles. The first kappa shape index (κ1) is 24.7. The Morgan fingerprint density at radius 2 is 1.76 bits per heavy atom. The molecule has 0 radical (unpaired) electrons. The molecular formula is C26H40O8. The number of hydrogen-bond acceptors (Lipinski definition) is 8. The molecule has 0 aromatic rings. The largest absolute Gasteiger partial charge is 0.460 e. The van der Waals surface area contributed by atoms with Crippen LogP contribution < -0.4 is 0 Å². The molecule has 2 bridgehead atoms. The van der Waals surface area contributed by atoms with Gasteiger partial charge >= 0.3 is 5.97 Å². The van der Waals surface area contributed by atoms with E-state index in [4.69, 9.17) is 9.47 Å². The number of ether oxygens (including phenoxy) is 2. The maximum Gasteiger partial charge on any atom is 0.338 e. The zero-order valence-electron chi connectivity index (χ0n) is 20.2. The van der Waals surface area contributed by atoms with E-state index in [0.717, 1.165) is 25.7 Å². The number of carbonyl (C=O) groups excluding carboxylic acids is 1. The lowest BCUT2D eigenvalue weighted by molar-refractivity contribution is -0.285. The molecule has 8 nitrogen and oxygen atoms in total. The first-order valence-corrected chi connectivity index (χ1v) is 12.8. The van der Waals surface area contributed by atoms with Crippen molar-refractivity contribution in [1.29, 1.82) is 0 Å². The summed E-state index contributed by atoms with van der Waals surface area (Å²) in [5.41, 5.74) is 1.11. The van der Waals surface area contributed by atoms with Crippen LogP contribution in [0.5, 0.6) is 0 Å². The number of aliphatic hydroxyl groups excluding tert-OH is 5. The molecular weight excluding hydrogens is 440 g/mol. The normalized spacial score (nSPS) is 54.8. The summed E-state index contributed by atoms with van der Waals surface area (Å²) in [6, 6.07) is 0. The topological polar surface area (TPSA) is 137 Å². The van der Waals surface area contributed by atoms with Crippen molar-refractivity contribution in [2.75, 3.05) is 6.61 Å². The fraction of sp³-hybridized carbons (Fsp3) is 0.885. The quantitative estimate of drug-likeness (QED) is 0.301. The molecule has 12 atom stereocenters. The van der Waals surface area contributed by atoms with Gasteiger partial charge in [-0.25, -0.2) is 4.79 Å². The van der Waals surface area contributed by atoms with Gasteiger partial charge in [0.15, 0.2) is 12.4 Å². The van der Waals surface area contributed by atoms with Crippen molar-refractivity contribution < 1.29 is 39.8 Å². The predicted octanol–water partition coefficient (Wildman–Crippen LogP) is 1.27. The Morgan fingerprint density at radius 3 is 2.47 bits per heavy atom. The van der Waals surface area contributed by atoms with Crippen LogP contribution in [0.4, 0.5) is 0 Å². The maximum absolute atomic E-state index is 13.0. The van der Waals surface area contributed by atoms with Crippen LogP contribution in [0.15, 0.2) is 12.2 Å². The van der Waals surface area contributed by atoms with Crippen LogP contribution in [0.25, 0.3) is 0 Å². The molecule has 2 unspecified atom stereocenters. The van der Waals surface area contributed by atoms with E-state index in [0.29, 0.717) is 23.7 Å². The fourth-order valence-corrected chi connectivity index (χ4v) is 9.04. The third-order valence-corrected chi connectivity index (χ3v) is 10.8. The molecule has 5 rings (SSSR count). The summed E-state index contributed by atoms with van der Waals surface area (Å²) < 4.78 is 10.9. The standard InChI is InChI=1S/C26H40O8/c1-13-10-26-9-6-15-24(2,16(26)5-4-14(13)11-26)8-7-17(25(15,3)12-27)33-23(32)21-19(29)18(28)20(30)22(31)34-21/h14-22,27-31H,1,4-12H2,2-3H3/t14-,15-,16-,17?,18+,19+,20-,21+,22-,24+,25?,26+/m1/s1. The second-order valence-electron chi connectivity index (χ2n) is 12.4. The second-order valence-corrected chi connectivity index (χ2v) is 12.4. The summed E-state index contributed by atoms with van der Waals surface area (Å²) in [7, 11) is 0. The van der Waals surface area contributed by atoms with Crippen LogP contribution >= 0.6 is 0 Å². The number of fused-ring (bicyclic) bond motifs is 3. The lowest BCUT2D eigenvalue weighted by Crippen LogP contribution is -2.63. The lowest BCUT2D eigenvalue weighted by Gasteiger charge is -2.65. The molecule has 1 aliphatic heterocycles. The number of esters is 1. The zero-order valence-corrected chi connectivity index (χ0v) is 20.2. The Hall–Kier alpha value is -1.03. The van der Waals surface area contributed by atoms with Gasteiger partial charge < -0.3 is 35.0 Å². The molecule has 0 aromatic heterocycles. The number of hydrogen-bond donors (Lipinski definition) is 5. The van der Waals surface area contributed by atoms with Gasteiger partial charge in [-0.05, 0) is 80.0 Å². The highest BCUT2D eigenvalue weighted by Gasteiger charge is 2.66. The van der Waals surface area contributed by atoms with Crippen LogP contribution in [-0.2, 0) is 14.3 Å². The summed E-state index contributed by atoms with van der Waals surface area (Å²) in [6.07, 6.45) is -0.904. The van der Waals surface area contributed by atoms with Gasteiger partial charge in [0.05, 0.1) is 6.61 Å². The Bertz CT molecular complexity index is 847. The third-order valence-electron chi connectivity index (χ3n) is 10.8. The van der Waals surface area contributed by atoms with E-state index in [1.54, 1.807) is 0 Å². The Labute approximate surface area is 201 Å². The summed E-state index contributed by atoms with van der Waals surface area (Å²) >= 11 is 0. The van der Waals surface area contributed by atoms with Crippen molar-refractivity contribution in [2.24, 2.45) is 34.0 Å². The van der Waals surface area contributed by atoms with Crippen LogP contribution in [0.3, 0.4) is 0 Å². The van der Waals surface area contributed by atoms with E-state index in [2.05, 4.69) is 13.5 Å². The van der Waals surface area contributed by atoms with Gasteiger partial charge in [-0.3, -0.25) is 0 Å². The first-order valence-electron chi connectivity index (χ1n) is 12.8. The van der Waals surface area contributed by atoms with E-state index >= 15 is 0 Å². The number of carbonyl (C=O) groups is 1. The van der Waals surface area contributed by atoms with Gasteiger partial charge in [0.25, 0.3) is 0 Å². The average Bonchev–Trinajstić information content (AvgIpc) is 3.04. The molecule has 5 fully saturated rings. The van der Waals surface area contributed by atoms with Gasteiger partial charge in [-0.2, -0.15) is 0 Å². The van der Waals surface area contributed by atoms with E-state index in [1.807, 2.05) is 6.92 Å². The summed E-state index contributed by atoms with van der Waals surface area (Å²) in [5, 5.41) is 50.4. The van der Waals surface area contributed by atoms with Crippen molar-refractivity contribution in [2.45, 2.75) is 102 Å². The number of aliphatic hydroxyl groups is 5. The summed E-state index contributed by atoms with van der Waals surface area (Å²) in [4.78, 5) is 13.0. The number of rotatable bonds is 3. The minimum atomic E-state index is -1.80. The highest BCUT2D eigenvalue weighted by atomic mass is 16.7. The van der Waals surface area contributed by atoms with Crippen LogP contribution in [0.2, 0.25) is 0 Å². The van der Waals surface area contributed by atoms with E-state index in [1.165, 1.54) is 24.8 Å². The van der Waals surface area contributed by atoms with Crippen molar-refractivity contribution in [3.8, 4) is 0 Å². The van der Waals surface area contributed by atoms with Gasteiger partial charge in [-0.1, -0.05) is 26.0 Å². The zero-order chi connectivity index (χ0) is 24.6. The molecule has 4 saturated carbocycles.